The van der Waals surface area contributed by atoms with Crippen LogP contribution in [0.3, 0.4) is 0 Å². The highest BCUT2D eigenvalue weighted by Crippen LogP contribution is 2.45. The Morgan fingerprint density at radius 2 is 2.31 bits per heavy atom. The molecule has 0 aromatic heterocycles. The maximum absolute atomic E-state index is 14.0. The van der Waals surface area contributed by atoms with E-state index in [-0.39, 0.29) is 18.7 Å². The molecule has 1 fully saturated rings. The highest BCUT2D eigenvalue weighted by atomic mass is 79.9. The Balaban J connectivity index is 2.10. The molecule has 1 N–H and O–H groups in total. The van der Waals surface area contributed by atoms with Gasteiger partial charge < -0.3 is 14.8 Å². The van der Waals surface area contributed by atoms with Gasteiger partial charge in [0.05, 0.1) is 4.47 Å². The zero-order valence-corrected chi connectivity index (χ0v) is 10.1. The van der Waals surface area contributed by atoms with Crippen molar-refractivity contribution in [2.75, 3.05) is 13.3 Å². The van der Waals surface area contributed by atoms with E-state index in [1.165, 1.54) is 6.07 Å². The van der Waals surface area contributed by atoms with E-state index in [0.29, 0.717) is 21.5 Å². The molecule has 2 aliphatic heterocycles. The highest BCUT2D eigenvalue weighted by Gasteiger charge is 2.28. The molecule has 0 spiro atoms. The van der Waals surface area contributed by atoms with Gasteiger partial charge in [0.2, 0.25) is 6.79 Å². The van der Waals surface area contributed by atoms with Crippen LogP contribution in [0.15, 0.2) is 10.5 Å². The van der Waals surface area contributed by atoms with E-state index in [0.717, 1.165) is 19.4 Å². The van der Waals surface area contributed by atoms with Gasteiger partial charge in [0.25, 0.3) is 0 Å². The third-order valence-electron chi connectivity index (χ3n) is 3.00. The van der Waals surface area contributed by atoms with Gasteiger partial charge >= 0.3 is 0 Å². The molecule has 2 aliphatic rings. The molecule has 16 heavy (non-hydrogen) atoms. The summed E-state index contributed by atoms with van der Waals surface area (Å²) in [6.07, 6.45) is 2.03. The smallest absolute Gasteiger partial charge is 0.231 e. The number of rotatable bonds is 1. The normalized spacial score (nSPS) is 22.8. The van der Waals surface area contributed by atoms with Gasteiger partial charge in [-0.1, -0.05) is 0 Å². The summed E-state index contributed by atoms with van der Waals surface area (Å²) < 4.78 is 25.1. The Morgan fingerprint density at radius 3 is 3.06 bits per heavy atom. The maximum Gasteiger partial charge on any atom is 0.231 e. The van der Waals surface area contributed by atoms with Crippen molar-refractivity contribution in [1.82, 2.24) is 5.32 Å². The van der Waals surface area contributed by atoms with Crippen LogP contribution < -0.4 is 14.8 Å². The van der Waals surface area contributed by atoms with Gasteiger partial charge in [0.1, 0.15) is 5.82 Å². The number of halogens is 2. The van der Waals surface area contributed by atoms with E-state index < -0.39 is 0 Å². The molecule has 3 nitrogen and oxygen atoms in total. The molecule has 1 aromatic carbocycles. The second-order valence-corrected chi connectivity index (χ2v) is 4.76. The van der Waals surface area contributed by atoms with E-state index in [2.05, 4.69) is 21.2 Å². The quantitative estimate of drug-likeness (QED) is 0.862. The predicted molar refractivity (Wildman–Crippen MR) is 60.2 cm³/mol. The molecule has 1 unspecified atom stereocenters. The second kappa shape index (κ2) is 3.89. The zero-order chi connectivity index (χ0) is 11.1. The fourth-order valence-corrected chi connectivity index (χ4v) is 3.01. The Labute approximate surface area is 101 Å². The number of hydrogen-bond donors (Lipinski definition) is 1. The molecule has 0 amide bonds. The van der Waals surface area contributed by atoms with Crippen molar-refractivity contribution in [2.45, 2.75) is 18.9 Å². The molecule has 0 radical (unpaired) electrons. The van der Waals surface area contributed by atoms with Gasteiger partial charge in [-0.3, -0.25) is 0 Å². The molecule has 0 aliphatic carbocycles. The Hall–Kier alpha value is -0.810. The van der Waals surface area contributed by atoms with Crippen molar-refractivity contribution in [2.24, 2.45) is 0 Å². The third kappa shape index (κ3) is 1.50. The van der Waals surface area contributed by atoms with Crippen molar-refractivity contribution in [1.29, 1.82) is 0 Å². The van der Waals surface area contributed by atoms with E-state index in [1.807, 2.05) is 0 Å². The van der Waals surface area contributed by atoms with Gasteiger partial charge in [-0.2, -0.15) is 0 Å². The monoisotopic (exact) mass is 287 g/mol. The lowest BCUT2D eigenvalue weighted by Gasteiger charge is -2.15. The molecule has 5 heteroatoms. The van der Waals surface area contributed by atoms with Crippen LogP contribution in [0.4, 0.5) is 4.39 Å². The number of hydrogen-bond acceptors (Lipinski definition) is 3. The van der Waals surface area contributed by atoms with Gasteiger partial charge in [0, 0.05) is 17.7 Å². The van der Waals surface area contributed by atoms with Crippen molar-refractivity contribution in [3.05, 3.63) is 21.9 Å². The fourth-order valence-electron chi connectivity index (χ4n) is 2.24. The zero-order valence-electron chi connectivity index (χ0n) is 8.56. The van der Waals surface area contributed by atoms with E-state index in [9.17, 15) is 4.39 Å². The molecule has 0 saturated carbocycles. The van der Waals surface area contributed by atoms with Gasteiger partial charge in [-0.25, -0.2) is 4.39 Å². The van der Waals surface area contributed by atoms with Crippen LogP contribution in [0.2, 0.25) is 0 Å². The molecule has 3 rings (SSSR count). The van der Waals surface area contributed by atoms with Crippen LogP contribution in [0.5, 0.6) is 11.5 Å². The first-order chi connectivity index (χ1) is 7.77. The van der Waals surface area contributed by atoms with Crippen LogP contribution in [0.1, 0.15) is 24.4 Å². The summed E-state index contributed by atoms with van der Waals surface area (Å²) in [6, 6.07) is 1.48. The Morgan fingerprint density at radius 1 is 1.44 bits per heavy atom. The molecular weight excluding hydrogens is 277 g/mol. The summed E-state index contributed by atoms with van der Waals surface area (Å²) in [5, 5.41) is 3.28. The van der Waals surface area contributed by atoms with E-state index >= 15 is 0 Å². The highest BCUT2D eigenvalue weighted by molar-refractivity contribution is 9.10. The Bertz CT molecular complexity index is 432. The molecule has 2 heterocycles. The minimum atomic E-state index is -0.240. The maximum atomic E-state index is 14.0. The lowest BCUT2D eigenvalue weighted by atomic mass is 10.0. The topological polar surface area (TPSA) is 30.5 Å². The van der Waals surface area contributed by atoms with Gasteiger partial charge in [0.15, 0.2) is 11.5 Å². The van der Waals surface area contributed by atoms with Crippen LogP contribution in [0, 0.1) is 5.82 Å². The fraction of sp³-hybridized carbons (Fsp3) is 0.455. The van der Waals surface area contributed by atoms with Crippen molar-refractivity contribution < 1.29 is 13.9 Å². The standard InChI is InChI=1S/C11H11BrFNO2/c12-10-9(7-2-1-3-14-7)6(13)4-8-11(10)16-5-15-8/h4,7,14H,1-3,5H2. The Kier molecular flexibility index (Phi) is 2.52. The second-order valence-electron chi connectivity index (χ2n) is 3.97. The average Bonchev–Trinajstić information content (AvgIpc) is 2.87. The largest absolute Gasteiger partial charge is 0.453 e. The van der Waals surface area contributed by atoms with Crippen LogP contribution >= 0.6 is 15.9 Å². The SMILES string of the molecule is Fc1cc2c(c(Br)c1C1CCCN1)OCO2. The molecule has 1 atom stereocenters. The summed E-state index contributed by atoms with van der Waals surface area (Å²) in [6.45, 7) is 1.10. The molecular formula is C11H11BrFNO2. The minimum absolute atomic E-state index is 0.0730. The van der Waals surface area contributed by atoms with Crippen molar-refractivity contribution in [3.63, 3.8) is 0 Å². The average molecular weight is 288 g/mol. The van der Waals surface area contributed by atoms with Crippen LogP contribution in [-0.4, -0.2) is 13.3 Å². The molecule has 86 valence electrons. The number of benzene rings is 1. The number of ether oxygens (including phenoxy) is 2. The first-order valence-electron chi connectivity index (χ1n) is 5.28. The van der Waals surface area contributed by atoms with Crippen molar-refractivity contribution in [3.8, 4) is 11.5 Å². The molecule has 1 aromatic rings. The summed E-state index contributed by atoms with van der Waals surface area (Å²) in [5.41, 5.74) is 0.654. The molecule has 0 bridgehead atoms. The van der Waals surface area contributed by atoms with E-state index in [4.69, 9.17) is 9.47 Å². The summed E-state index contributed by atoms with van der Waals surface area (Å²) in [7, 11) is 0. The summed E-state index contributed by atoms with van der Waals surface area (Å²) >= 11 is 3.41. The van der Waals surface area contributed by atoms with Crippen LogP contribution in [-0.2, 0) is 0 Å². The van der Waals surface area contributed by atoms with Gasteiger partial charge in [-0.15, -0.1) is 0 Å². The number of nitrogens with one attached hydrogen (secondary N) is 1. The third-order valence-corrected chi connectivity index (χ3v) is 3.79. The van der Waals surface area contributed by atoms with Crippen LogP contribution in [0.25, 0.3) is 0 Å². The first kappa shape index (κ1) is 10.4. The molecule has 1 saturated heterocycles. The van der Waals surface area contributed by atoms with Gasteiger partial charge in [-0.05, 0) is 35.3 Å². The summed E-state index contributed by atoms with van der Waals surface area (Å²) in [4.78, 5) is 0. The lowest BCUT2D eigenvalue weighted by Crippen LogP contribution is -2.15. The lowest BCUT2D eigenvalue weighted by molar-refractivity contribution is 0.173. The first-order valence-corrected chi connectivity index (χ1v) is 6.07. The predicted octanol–water partition coefficient (Wildman–Crippen LogP) is 2.74. The number of fused-ring (bicyclic) bond motifs is 1. The minimum Gasteiger partial charge on any atom is -0.453 e. The summed E-state index contributed by atoms with van der Waals surface area (Å²) in [5.74, 6) is 0.853. The van der Waals surface area contributed by atoms with E-state index in [1.54, 1.807) is 0 Å². The van der Waals surface area contributed by atoms with Crippen molar-refractivity contribution >= 4 is 15.9 Å².